The van der Waals surface area contributed by atoms with Gasteiger partial charge in [0.2, 0.25) is 17.7 Å². The molecule has 4 atom stereocenters. The van der Waals surface area contributed by atoms with Crippen LogP contribution < -0.4 is 15.0 Å². The van der Waals surface area contributed by atoms with Crippen LogP contribution >= 0.6 is 0 Å². The van der Waals surface area contributed by atoms with Gasteiger partial charge in [0.1, 0.15) is 5.75 Å². The molecular formula is C27H24F3N3O5. The number of carbonyl (C=O) groups is 3. The Morgan fingerprint density at radius 1 is 1.16 bits per heavy atom. The second-order valence-electron chi connectivity index (χ2n) is 10.1. The number of hydrogen-bond donors (Lipinski definition) is 1. The molecule has 0 spiro atoms. The lowest BCUT2D eigenvalue weighted by molar-refractivity contribution is -0.138. The summed E-state index contributed by atoms with van der Waals surface area (Å²) in [7, 11) is 0. The van der Waals surface area contributed by atoms with Crippen molar-refractivity contribution >= 4 is 29.1 Å². The SMILES string of the molecule is CC(=O)Nc1ccc(OCC[C@@]23CC[C@@](C)(O2)[C@H]2C(=O)N(c4ccc(C#N)c(C(F)(F)F)c4)C(=O)[C@H]23)cc1. The van der Waals surface area contributed by atoms with Gasteiger partial charge in [0.15, 0.2) is 0 Å². The Hall–Kier alpha value is -3.91. The highest BCUT2D eigenvalue weighted by atomic mass is 19.4. The minimum Gasteiger partial charge on any atom is -0.493 e. The smallest absolute Gasteiger partial charge is 0.417 e. The molecule has 198 valence electrons. The maximum absolute atomic E-state index is 13.6. The highest BCUT2D eigenvalue weighted by Crippen LogP contribution is 2.62. The third kappa shape index (κ3) is 4.09. The molecule has 0 aromatic heterocycles. The van der Waals surface area contributed by atoms with Crippen molar-refractivity contribution < 1.29 is 37.0 Å². The molecule has 0 radical (unpaired) electrons. The van der Waals surface area contributed by atoms with E-state index >= 15 is 0 Å². The van der Waals surface area contributed by atoms with Gasteiger partial charge >= 0.3 is 6.18 Å². The Balaban J connectivity index is 1.37. The second kappa shape index (κ2) is 8.84. The number of nitriles is 1. The predicted octanol–water partition coefficient (Wildman–Crippen LogP) is 4.43. The van der Waals surface area contributed by atoms with Crippen molar-refractivity contribution in [3.8, 4) is 11.8 Å². The van der Waals surface area contributed by atoms with E-state index in [1.165, 1.54) is 19.1 Å². The summed E-state index contributed by atoms with van der Waals surface area (Å²) in [5, 5.41) is 11.7. The van der Waals surface area contributed by atoms with Crippen LogP contribution in [0.2, 0.25) is 0 Å². The molecule has 3 amide bonds. The van der Waals surface area contributed by atoms with Gasteiger partial charge in [-0.25, -0.2) is 4.90 Å². The number of amides is 3. The van der Waals surface area contributed by atoms with Gasteiger partial charge in [-0.1, -0.05) is 0 Å². The topological polar surface area (TPSA) is 109 Å². The third-order valence-electron chi connectivity index (χ3n) is 7.67. The average molecular weight is 527 g/mol. The molecule has 5 rings (SSSR count). The number of benzene rings is 2. The fourth-order valence-electron chi connectivity index (χ4n) is 6.05. The Morgan fingerprint density at radius 2 is 1.84 bits per heavy atom. The van der Waals surface area contributed by atoms with E-state index in [1.807, 2.05) is 0 Å². The zero-order chi connectivity index (χ0) is 27.5. The Kier molecular flexibility index (Phi) is 5.98. The van der Waals surface area contributed by atoms with E-state index in [4.69, 9.17) is 14.7 Å². The third-order valence-corrected chi connectivity index (χ3v) is 7.67. The lowest BCUT2D eigenvalue weighted by Crippen LogP contribution is -2.43. The summed E-state index contributed by atoms with van der Waals surface area (Å²) in [6.07, 6.45) is -3.50. The summed E-state index contributed by atoms with van der Waals surface area (Å²) >= 11 is 0. The van der Waals surface area contributed by atoms with Crippen molar-refractivity contribution in [1.82, 2.24) is 0 Å². The molecule has 2 aromatic rings. The number of rotatable bonds is 6. The first-order valence-electron chi connectivity index (χ1n) is 12.1. The number of nitrogens with zero attached hydrogens (tertiary/aromatic N) is 2. The average Bonchev–Trinajstić information content (AvgIpc) is 3.43. The summed E-state index contributed by atoms with van der Waals surface area (Å²) < 4.78 is 52.8. The molecule has 8 nitrogen and oxygen atoms in total. The number of hydrogen-bond acceptors (Lipinski definition) is 6. The molecule has 1 N–H and O–H groups in total. The van der Waals surface area contributed by atoms with Gasteiger partial charge in [-0.3, -0.25) is 14.4 Å². The van der Waals surface area contributed by atoms with Crippen LogP contribution in [-0.4, -0.2) is 35.5 Å². The lowest BCUT2D eigenvalue weighted by atomic mass is 9.67. The molecule has 3 aliphatic rings. The molecule has 3 fully saturated rings. The number of carbonyl (C=O) groups excluding carboxylic acids is 3. The molecular weight excluding hydrogens is 503 g/mol. The van der Waals surface area contributed by atoms with Crippen LogP contribution in [0.3, 0.4) is 0 Å². The monoisotopic (exact) mass is 527 g/mol. The minimum absolute atomic E-state index is 0.176. The summed E-state index contributed by atoms with van der Waals surface area (Å²) in [6, 6.07) is 11.1. The first kappa shape index (κ1) is 25.7. The summed E-state index contributed by atoms with van der Waals surface area (Å²) in [6.45, 7) is 3.34. The molecule has 3 saturated heterocycles. The zero-order valence-electron chi connectivity index (χ0n) is 20.6. The number of ether oxygens (including phenoxy) is 2. The van der Waals surface area contributed by atoms with Crippen LogP contribution in [0, 0.1) is 23.2 Å². The molecule has 3 aliphatic heterocycles. The van der Waals surface area contributed by atoms with Crippen molar-refractivity contribution in [3.05, 3.63) is 53.6 Å². The fraction of sp³-hybridized carbons (Fsp3) is 0.407. The quantitative estimate of drug-likeness (QED) is 0.557. The van der Waals surface area contributed by atoms with Gasteiger partial charge < -0.3 is 14.8 Å². The first-order valence-corrected chi connectivity index (χ1v) is 12.1. The summed E-state index contributed by atoms with van der Waals surface area (Å²) in [4.78, 5) is 39.1. The van der Waals surface area contributed by atoms with Crippen molar-refractivity contribution in [1.29, 1.82) is 5.26 Å². The van der Waals surface area contributed by atoms with Crippen LogP contribution in [0.5, 0.6) is 5.75 Å². The number of halogens is 3. The number of fused-ring (bicyclic) bond motifs is 5. The van der Waals surface area contributed by atoms with Crippen molar-refractivity contribution in [2.24, 2.45) is 11.8 Å². The minimum atomic E-state index is -4.82. The summed E-state index contributed by atoms with van der Waals surface area (Å²) in [5.74, 6) is -2.55. The first-order chi connectivity index (χ1) is 17.9. The van der Waals surface area contributed by atoms with E-state index in [2.05, 4.69) is 5.32 Å². The van der Waals surface area contributed by atoms with Gasteiger partial charge in [0.25, 0.3) is 0 Å². The maximum Gasteiger partial charge on any atom is 0.417 e. The van der Waals surface area contributed by atoms with E-state index in [9.17, 15) is 27.6 Å². The second-order valence-corrected chi connectivity index (χ2v) is 10.1. The van der Waals surface area contributed by atoms with Gasteiger partial charge in [-0.15, -0.1) is 0 Å². The standard InChI is InChI=1S/C27H24F3N3O5/c1-15(34)32-17-4-7-19(8-5-17)37-12-11-26-10-9-25(2,38-26)21-22(26)24(36)33(23(21)35)18-6-3-16(14-31)20(13-18)27(28,29)30/h3-8,13,21-22H,9-12H2,1-2H3,(H,32,34)/t21-,22+,25-,26-/m1/s1. The van der Waals surface area contributed by atoms with Crippen LogP contribution in [0.4, 0.5) is 24.5 Å². The normalized spacial score (nSPS) is 27.8. The molecule has 0 aliphatic carbocycles. The number of anilines is 2. The number of imide groups is 1. The molecule has 0 unspecified atom stereocenters. The molecule has 2 aromatic carbocycles. The van der Waals surface area contributed by atoms with E-state index < -0.39 is 52.2 Å². The van der Waals surface area contributed by atoms with Crippen molar-refractivity contribution in [2.45, 2.75) is 50.5 Å². The van der Waals surface area contributed by atoms with E-state index in [0.717, 1.165) is 11.0 Å². The van der Waals surface area contributed by atoms with Crippen LogP contribution in [0.15, 0.2) is 42.5 Å². The van der Waals surface area contributed by atoms with Gasteiger partial charge in [-0.05, 0) is 62.2 Å². The number of alkyl halides is 3. The van der Waals surface area contributed by atoms with E-state index in [0.29, 0.717) is 36.8 Å². The highest BCUT2D eigenvalue weighted by Gasteiger charge is 2.73. The van der Waals surface area contributed by atoms with Crippen LogP contribution in [-0.2, 0) is 25.3 Å². The van der Waals surface area contributed by atoms with Crippen LogP contribution in [0.25, 0.3) is 0 Å². The van der Waals surface area contributed by atoms with Gasteiger partial charge in [-0.2, -0.15) is 18.4 Å². The summed E-state index contributed by atoms with van der Waals surface area (Å²) in [5.41, 5.74) is -3.30. The van der Waals surface area contributed by atoms with Crippen LogP contribution in [0.1, 0.15) is 44.2 Å². The fourth-order valence-corrected chi connectivity index (χ4v) is 6.05. The molecule has 2 bridgehead atoms. The Bertz CT molecular complexity index is 1370. The zero-order valence-corrected chi connectivity index (χ0v) is 20.6. The van der Waals surface area contributed by atoms with Crippen molar-refractivity contribution in [2.75, 3.05) is 16.8 Å². The van der Waals surface area contributed by atoms with Gasteiger partial charge in [0.05, 0.1) is 52.5 Å². The van der Waals surface area contributed by atoms with Crippen molar-refractivity contribution in [3.63, 3.8) is 0 Å². The predicted molar refractivity (Wildman–Crippen MR) is 128 cm³/mol. The Morgan fingerprint density at radius 3 is 2.47 bits per heavy atom. The maximum atomic E-state index is 13.6. The number of nitrogens with one attached hydrogen (secondary N) is 1. The molecule has 0 saturated carbocycles. The lowest BCUT2D eigenvalue weighted by Gasteiger charge is -2.31. The molecule has 38 heavy (non-hydrogen) atoms. The van der Waals surface area contributed by atoms with E-state index in [1.54, 1.807) is 31.2 Å². The van der Waals surface area contributed by atoms with E-state index in [-0.39, 0.29) is 18.2 Å². The molecule has 3 heterocycles. The largest absolute Gasteiger partial charge is 0.493 e. The highest BCUT2D eigenvalue weighted by molar-refractivity contribution is 6.23. The van der Waals surface area contributed by atoms with Gasteiger partial charge in [0, 0.05) is 19.0 Å². The Labute approximate surface area is 216 Å². The molecule has 11 heteroatoms.